The number of piperazine rings is 1. The lowest BCUT2D eigenvalue weighted by molar-refractivity contribution is -0.153. The second-order valence-electron chi connectivity index (χ2n) is 7.70. The number of ether oxygens (including phenoxy) is 2. The quantitative estimate of drug-likeness (QED) is 0.572. The third-order valence-electron chi connectivity index (χ3n) is 5.79. The fraction of sp³-hybridized carbons (Fsp3) is 0.375. The summed E-state index contributed by atoms with van der Waals surface area (Å²) in [6.07, 6.45) is 0. The van der Waals surface area contributed by atoms with Gasteiger partial charge in [-0.05, 0) is 36.8 Å². The van der Waals surface area contributed by atoms with E-state index in [-0.39, 0.29) is 12.5 Å². The summed E-state index contributed by atoms with van der Waals surface area (Å²) in [7, 11) is 1.59. The zero-order valence-corrected chi connectivity index (χ0v) is 18.4. The standard InChI is InChI=1S/C24H28N4O4/c1-3-32-23(30)20-21(17-9-11-19(31-2)12-10-17)25-24(26-22(20)29)28-15-13-27(14-16-28)18-7-5-4-6-8-18/h4-12,20-21H,3,13-16H2,1-2H3,(H,25,26,29)/t20-,21-/m0/s1. The van der Waals surface area contributed by atoms with Crippen molar-refractivity contribution in [1.29, 1.82) is 0 Å². The Labute approximate surface area is 187 Å². The number of para-hydroxylation sites is 1. The maximum atomic E-state index is 13.0. The number of carbonyl (C=O) groups is 2. The summed E-state index contributed by atoms with van der Waals surface area (Å²) in [6, 6.07) is 16.9. The summed E-state index contributed by atoms with van der Waals surface area (Å²) >= 11 is 0. The largest absolute Gasteiger partial charge is 0.497 e. The molecule has 0 aliphatic carbocycles. The Hall–Kier alpha value is -3.55. The minimum Gasteiger partial charge on any atom is -0.497 e. The molecule has 2 aromatic rings. The molecule has 8 nitrogen and oxygen atoms in total. The summed E-state index contributed by atoms with van der Waals surface area (Å²) in [6.45, 7) is 4.99. The molecule has 1 N–H and O–H groups in total. The highest BCUT2D eigenvalue weighted by molar-refractivity contribution is 6.08. The van der Waals surface area contributed by atoms with Crippen molar-refractivity contribution < 1.29 is 19.1 Å². The lowest BCUT2D eigenvalue weighted by Crippen LogP contribution is -2.57. The normalized spacial score (nSPS) is 20.9. The topological polar surface area (TPSA) is 83.5 Å². The van der Waals surface area contributed by atoms with Crippen LogP contribution in [0.2, 0.25) is 0 Å². The number of nitrogens with one attached hydrogen (secondary N) is 1. The van der Waals surface area contributed by atoms with Crippen LogP contribution in [0.3, 0.4) is 0 Å². The minimum absolute atomic E-state index is 0.204. The maximum absolute atomic E-state index is 13.0. The van der Waals surface area contributed by atoms with E-state index in [9.17, 15) is 9.59 Å². The molecular formula is C24H28N4O4. The van der Waals surface area contributed by atoms with Crippen molar-refractivity contribution >= 4 is 23.5 Å². The third kappa shape index (κ3) is 4.54. The number of esters is 1. The van der Waals surface area contributed by atoms with Crippen LogP contribution in [0.5, 0.6) is 5.75 Å². The lowest BCUT2D eigenvalue weighted by Gasteiger charge is -2.39. The van der Waals surface area contributed by atoms with Gasteiger partial charge in [-0.1, -0.05) is 30.3 Å². The summed E-state index contributed by atoms with van der Waals surface area (Å²) in [5.41, 5.74) is 1.94. The van der Waals surface area contributed by atoms with Crippen molar-refractivity contribution in [2.24, 2.45) is 10.9 Å². The molecule has 168 valence electrons. The molecule has 0 unspecified atom stereocenters. The van der Waals surface area contributed by atoms with E-state index in [2.05, 4.69) is 27.2 Å². The van der Waals surface area contributed by atoms with Gasteiger partial charge in [0.15, 0.2) is 5.92 Å². The van der Waals surface area contributed by atoms with Crippen LogP contribution in [-0.4, -0.2) is 62.6 Å². The van der Waals surface area contributed by atoms with Gasteiger partial charge < -0.3 is 19.3 Å². The van der Waals surface area contributed by atoms with Gasteiger partial charge in [0.1, 0.15) is 11.8 Å². The van der Waals surface area contributed by atoms with Crippen LogP contribution in [0.25, 0.3) is 0 Å². The molecule has 1 saturated heterocycles. The summed E-state index contributed by atoms with van der Waals surface area (Å²) in [5, 5.41) is 2.85. The number of anilines is 1. The van der Waals surface area contributed by atoms with E-state index in [1.165, 1.54) is 5.69 Å². The monoisotopic (exact) mass is 436 g/mol. The molecule has 2 heterocycles. The Bertz CT molecular complexity index is 969. The molecule has 0 radical (unpaired) electrons. The Kier molecular flexibility index (Phi) is 6.58. The van der Waals surface area contributed by atoms with Crippen LogP contribution >= 0.6 is 0 Å². The van der Waals surface area contributed by atoms with Crippen LogP contribution in [0.1, 0.15) is 18.5 Å². The van der Waals surface area contributed by atoms with Crippen LogP contribution < -0.4 is 15.0 Å². The number of guanidine groups is 1. The lowest BCUT2D eigenvalue weighted by atomic mass is 9.91. The molecule has 0 spiro atoms. The molecule has 0 aromatic heterocycles. The molecule has 8 heteroatoms. The van der Waals surface area contributed by atoms with Crippen molar-refractivity contribution in [2.45, 2.75) is 13.0 Å². The van der Waals surface area contributed by atoms with Gasteiger partial charge in [0.25, 0.3) is 0 Å². The first-order valence-electron chi connectivity index (χ1n) is 10.8. The van der Waals surface area contributed by atoms with E-state index in [0.29, 0.717) is 24.8 Å². The molecular weight excluding hydrogens is 408 g/mol. The molecule has 32 heavy (non-hydrogen) atoms. The van der Waals surface area contributed by atoms with Gasteiger partial charge >= 0.3 is 5.97 Å². The fourth-order valence-corrected chi connectivity index (χ4v) is 4.08. The van der Waals surface area contributed by atoms with Gasteiger partial charge in [0.2, 0.25) is 11.9 Å². The molecule has 1 fully saturated rings. The zero-order chi connectivity index (χ0) is 22.5. The Balaban J connectivity index is 1.56. The predicted octanol–water partition coefficient (Wildman–Crippen LogP) is 2.22. The van der Waals surface area contributed by atoms with Gasteiger partial charge in [0, 0.05) is 31.9 Å². The van der Waals surface area contributed by atoms with E-state index in [4.69, 9.17) is 14.5 Å². The molecule has 1 amide bonds. The predicted molar refractivity (Wildman–Crippen MR) is 122 cm³/mol. The average Bonchev–Trinajstić information content (AvgIpc) is 2.84. The van der Waals surface area contributed by atoms with Crippen molar-refractivity contribution in [2.75, 3.05) is 44.8 Å². The first kappa shape index (κ1) is 21.7. The number of nitrogens with zero attached hydrogens (tertiary/aromatic N) is 3. The summed E-state index contributed by atoms with van der Waals surface area (Å²) < 4.78 is 10.4. The van der Waals surface area contributed by atoms with Gasteiger partial charge in [0.05, 0.1) is 13.7 Å². The van der Waals surface area contributed by atoms with Crippen LogP contribution in [0.4, 0.5) is 5.69 Å². The van der Waals surface area contributed by atoms with Crippen LogP contribution in [-0.2, 0) is 14.3 Å². The molecule has 2 aromatic carbocycles. The van der Waals surface area contributed by atoms with E-state index >= 15 is 0 Å². The van der Waals surface area contributed by atoms with Crippen molar-refractivity contribution in [3.63, 3.8) is 0 Å². The number of carbonyl (C=O) groups excluding carboxylic acids is 2. The summed E-state index contributed by atoms with van der Waals surface area (Å²) in [5.74, 6) is -0.785. The third-order valence-corrected chi connectivity index (χ3v) is 5.79. The van der Waals surface area contributed by atoms with Crippen molar-refractivity contribution in [3.05, 3.63) is 60.2 Å². The molecule has 2 aliphatic rings. The van der Waals surface area contributed by atoms with Crippen molar-refractivity contribution in [1.82, 2.24) is 10.2 Å². The van der Waals surface area contributed by atoms with Gasteiger partial charge in [-0.25, -0.2) is 4.99 Å². The highest BCUT2D eigenvalue weighted by Crippen LogP contribution is 2.32. The Morgan fingerprint density at radius 2 is 1.69 bits per heavy atom. The average molecular weight is 437 g/mol. The molecule has 2 atom stereocenters. The second-order valence-corrected chi connectivity index (χ2v) is 7.70. The molecule has 4 rings (SSSR count). The molecule has 0 bridgehead atoms. The zero-order valence-electron chi connectivity index (χ0n) is 18.4. The molecule has 2 aliphatic heterocycles. The van der Waals surface area contributed by atoms with Crippen LogP contribution in [0, 0.1) is 5.92 Å². The summed E-state index contributed by atoms with van der Waals surface area (Å²) in [4.78, 5) is 34.8. The number of hydrogen-bond acceptors (Lipinski definition) is 7. The number of hydrogen-bond donors (Lipinski definition) is 1. The highest BCUT2D eigenvalue weighted by Gasteiger charge is 2.42. The number of methoxy groups -OCH3 is 1. The Morgan fingerprint density at radius 1 is 1.03 bits per heavy atom. The van der Waals surface area contributed by atoms with Crippen molar-refractivity contribution in [3.8, 4) is 5.75 Å². The first-order valence-corrected chi connectivity index (χ1v) is 10.8. The Morgan fingerprint density at radius 3 is 2.31 bits per heavy atom. The SMILES string of the molecule is CCOC(=O)[C@@H]1C(=O)NC(N2CCN(c3ccccc3)CC2)=N[C@H]1c1ccc(OC)cc1. The maximum Gasteiger partial charge on any atom is 0.321 e. The number of amides is 1. The van der Waals surface area contributed by atoms with E-state index in [1.807, 2.05) is 30.3 Å². The highest BCUT2D eigenvalue weighted by atomic mass is 16.5. The first-order chi connectivity index (χ1) is 15.6. The minimum atomic E-state index is -1.03. The van der Waals surface area contributed by atoms with E-state index in [1.54, 1.807) is 26.2 Å². The van der Waals surface area contributed by atoms with Gasteiger partial charge in [-0.15, -0.1) is 0 Å². The van der Waals surface area contributed by atoms with Gasteiger partial charge in [-0.3, -0.25) is 14.9 Å². The molecule has 0 saturated carbocycles. The fourth-order valence-electron chi connectivity index (χ4n) is 4.08. The van der Waals surface area contributed by atoms with Gasteiger partial charge in [-0.2, -0.15) is 0 Å². The smallest absolute Gasteiger partial charge is 0.321 e. The van der Waals surface area contributed by atoms with E-state index < -0.39 is 17.9 Å². The second kappa shape index (κ2) is 9.72. The number of aliphatic imine (C=N–C) groups is 1. The van der Waals surface area contributed by atoms with E-state index in [0.717, 1.165) is 18.7 Å². The number of benzene rings is 2. The number of rotatable bonds is 5. The van der Waals surface area contributed by atoms with Crippen LogP contribution in [0.15, 0.2) is 59.6 Å².